The topological polar surface area (TPSA) is 47.6 Å². The third-order valence-electron chi connectivity index (χ3n) is 3.36. The van der Waals surface area contributed by atoms with E-state index in [0.717, 1.165) is 0 Å². The zero-order valence-electron chi connectivity index (χ0n) is 12.7. The highest BCUT2D eigenvalue weighted by Gasteiger charge is 2.14. The standard InChI is InChI=1S/C17H18FNO3/c1-11(12-7-8-16(22-3)15(18)10-12)19-17(20)13-5-4-6-14(9-13)21-2/h4-11H,1-3H3,(H,19,20)/t11-/m1/s1. The predicted octanol–water partition coefficient (Wildman–Crippen LogP) is 3.33. The molecule has 0 aromatic heterocycles. The fraction of sp³-hybridized carbons (Fsp3) is 0.235. The van der Waals surface area contributed by atoms with Crippen LogP contribution in [0.2, 0.25) is 0 Å². The molecular formula is C17H18FNO3. The van der Waals surface area contributed by atoms with E-state index in [-0.39, 0.29) is 17.7 Å². The molecule has 1 N–H and O–H groups in total. The van der Waals surface area contributed by atoms with Crippen molar-refractivity contribution in [2.75, 3.05) is 14.2 Å². The van der Waals surface area contributed by atoms with Gasteiger partial charge in [-0.05, 0) is 42.8 Å². The monoisotopic (exact) mass is 303 g/mol. The van der Waals surface area contributed by atoms with Gasteiger partial charge in [0.25, 0.3) is 5.91 Å². The maximum atomic E-state index is 13.7. The molecule has 0 aliphatic carbocycles. The molecule has 1 atom stereocenters. The number of amides is 1. The van der Waals surface area contributed by atoms with Gasteiger partial charge in [-0.3, -0.25) is 4.79 Å². The zero-order valence-corrected chi connectivity index (χ0v) is 12.7. The van der Waals surface area contributed by atoms with E-state index >= 15 is 0 Å². The quantitative estimate of drug-likeness (QED) is 0.921. The van der Waals surface area contributed by atoms with E-state index in [1.807, 2.05) is 0 Å². The normalized spacial score (nSPS) is 11.6. The van der Waals surface area contributed by atoms with E-state index in [0.29, 0.717) is 16.9 Å². The Hall–Kier alpha value is -2.56. The van der Waals surface area contributed by atoms with E-state index in [1.54, 1.807) is 50.4 Å². The van der Waals surface area contributed by atoms with Gasteiger partial charge in [0.15, 0.2) is 11.6 Å². The lowest BCUT2D eigenvalue weighted by Crippen LogP contribution is -2.26. The van der Waals surface area contributed by atoms with E-state index < -0.39 is 5.82 Å². The number of hydrogen-bond acceptors (Lipinski definition) is 3. The average molecular weight is 303 g/mol. The molecule has 1 amide bonds. The largest absolute Gasteiger partial charge is 0.497 e. The zero-order chi connectivity index (χ0) is 16.1. The lowest BCUT2D eigenvalue weighted by molar-refractivity contribution is 0.0939. The van der Waals surface area contributed by atoms with Crippen LogP contribution in [0.4, 0.5) is 4.39 Å². The Morgan fingerprint density at radius 1 is 1.14 bits per heavy atom. The molecule has 0 spiro atoms. The van der Waals surface area contributed by atoms with Crippen molar-refractivity contribution in [3.05, 3.63) is 59.4 Å². The maximum Gasteiger partial charge on any atom is 0.251 e. The van der Waals surface area contributed by atoms with Crippen LogP contribution in [0.15, 0.2) is 42.5 Å². The predicted molar refractivity (Wildman–Crippen MR) is 81.8 cm³/mol. The van der Waals surface area contributed by atoms with Crippen molar-refractivity contribution in [3.8, 4) is 11.5 Å². The molecule has 22 heavy (non-hydrogen) atoms. The molecule has 0 heterocycles. The molecule has 0 saturated carbocycles. The van der Waals surface area contributed by atoms with Gasteiger partial charge in [-0.15, -0.1) is 0 Å². The van der Waals surface area contributed by atoms with Crippen molar-refractivity contribution in [1.29, 1.82) is 0 Å². The molecule has 2 rings (SSSR count). The fourth-order valence-electron chi connectivity index (χ4n) is 2.08. The van der Waals surface area contributed by atoms with E-state index in [9.17, 15) is 9.18 Å². The van der Waals surface area contributed by atoms with Crippen molar-refractivity contribution >= 4 is 5.91 Å². The first-order chi connectivity index (χ1) is 10.5. The van der Waals surface area contributed by atoms with Crippen LogP contribution in [0.1, 0.15) is 28.9 Å². The second kappa shape index (κ2) is 6.93. The first kappa shape index (κ1) is 15.8. The summed E-state index contributed by atoms with van der Waals surface area (Å²) in [6.45, 7) is 1.79. The first-order valence-electron chi connectivity index (χ1n) is 6.83. The summed E-state index contributed by atoms with van der Waals surface area (Å²) >= 11 is 0. The van der Waals surface area contributed by atoms with Gasteiger partial charge in [0, 0.05) is 5.56 Å². The van der Waals surface area contributed by atoms with Gasteiger partial charge in [-0.1, -0.05) is 12.1 Å². The summed E-state index contributed by atoms with van der Waals surface area (Å²) in [6.07, 6.45) is 0. The van der Waals surface area contributed by atoms with Gasteiger partial charge in [-0.25, -0.2) is 4.39 Å². The number of benzene rings is 2. The van der Waals surface area contributed by atoms with Crippen LogP contribution >= 0.6 is 0 Å². The van der Waals surface area contributed by atoms with Gasteiger partial charge in [0.2, 0.25) is 0 Å². The van der Waals surface area contributed by atoms with Gasteiger partial charge in [0.1, 0.15) is 5.75 Å². The molecule has 0 aliphatic rings. The summed E-state index contributed by atoms with van der Waals surface area (Å²) in [5.74, 6) is 0.0796. The van der Waals surface area contributed by atoms with Gasteiger partial charge in [-0.2, -0.15) is 0 Å². The van der Waals surface area contributed by atoms with Crippen molar-refractivity contribution in [1.82, 2.24) is 5.32 Å². The lowest BCUT2D eigenvalue weighted by atomic mass is 10.1. The second-order valence-electron chi connectivity index (χ2n) is 4.82. The van der Waals surface area contributed by atoms with Gasteiger partial charge < -0.3 is 14.8 Å². The van der Waals surface area contributed by atoms with Crippen LogP contribution in [-0.2, 0) is 0 Å². The Morgan fingerprint density at radius 3 is 2.55 bits per heavy atom. The van der Waals surface area contributed by atoms with Crippen molar-refractivity contribution < 1.29 is 18.7 Å². The van der Waals surface area contributed by atoms with Crippen LogP contribution < -0.4 is 14.8 Å². The molecule has 0 radical (unpaired) electrons. The minimum absolute atomic E-state index is 0.176. The summed E-state index contributed by atoms with van der Waals surface area (Å²) in [4.78, 5) is 12.2. The molecule has 5 heteroatoms. The average Bonchev–Trinajstić information content (AvgIpc) is 2.54. The van der Waals surface area contributed by atoms with Crippen LogP contribution in [-0.4, -0.2) is 20.1 Å². The Morgan fingerprint density at radius 2 is 1.91 bits per heavy atom. The molecule has 4 nitrogen and oxygen atoms in total. The molecular weight excluding hydrogens is 285 g/mol. The fourth-order valence-corrected chi connectivity index (χ4v) is 2.08. The SMILES string of the molecule is COc1cccc(C(=O)N[C@H](C)c2ccc(OC)c(F)c2)c1. The number of carbonyl (C=O) groups is 1. The molecule has 116 valence electrons. The second-order valence-corrected chi connectivity index (χ2v) is 4.82. The van der Waals surface area contributed by atoms with Gasteiger partial charge in [0.05, 0.1) is 20.3 Å². The van der Waals surface area contributed by atoms with Crippen molar-refractivity contribution in [2.24, 2.45) is 0 Å². The molecule has 0 bridgehead atoms. The first-order valence-corrected chi connectivity index (χ1v) is 6.83. The summed E-state index contributed by atoms with van der Waals surface area (Å²) in [7, 11) is 2.95. The summed E-state index contributed by atoms with van der Waals surface area (Å²) in [5, 5.41) is 2.83. The highest BCUT2D eigenvalue weighted by Crippen LogP contribution is 2.22. The minimum Gasteiger partial charge on any atom is -0.497 e. The van der Waals surface area contributed by atoms with Crippen LogP contribution in [0, 0.1) is 5.82 Å². The minimum atomic E-state index is -0.456. The third kappa shape index (κ3) is 3.55. The maximum absolute atomic E-state index is 13.7. The number of halogens is 1. The lowest BCUT2D eigenvalue weighted by Gasteiger charge is -2.15. The number of methoxy groups -OCH3 is 2. The van der Waals surface area contributed by atoms with Gasteiger partial charge >= 0.3 is 0 Å². The smallest absolute Gasteiger partial charge is 0.251 e. The molecule has 0 saturated heterocycles. The number of nitrogens with one attached hydrogen (secondary N) is 1. The van der Waals surface area contributed by atoms with Crippen LogP contribution in [0.3, 0.4) is 0 Å². The van der Waals surface area contributed by atoms with Crippen molar-refractivity contribution in [3.63, 3.8) is 0 Å². The number of carbonyl (C=O) groups excluding carboxylic acids is 1. The highest BCUT2D eigenvalue weighted by atomic mass is 19.1. The molecule has 2 aromatic carbocycles. The summed E-state index contributed by atoms with van der Waals surface area (Å²) < 4.78 is 23.7. The molecule has 0 aliphatic heterocycles. The third-order valence-corrected chi connectivity index (χ3v) is 3.36. The summed E-state index contributed by atoms with van der Waals surface area (Å²) in [6, 6.07) is 11.1. The Bertz CT molecular complexity index is 673. The van der Waals surface area contributed by atoms with Crippen LogP contribution in [0.5, 0.6) is 11.5 Å². The van der Waals surface area contributed by atoms with E-state index in [4.69, 9.17) is 9.47 Å². The Kier molecular flexibility index (Phi) is 4.99. The summed E-state index contributed by atoms with van der Waals surface area (Å²) in [5.41, 5.74) is 1.15. The number of rotatable bonds is 5. The van der Waals surface area contributed by atoms with Crippen LogP contribution in [0.25, 0.3) is 0 Å². The highest BCUT2D eigenvalue weighted by molar-refractivity contribution is 5.94. The molecule has 0 fully saturated rings. The van der Waals surface area contributed by atoms with Crippen molar-refractivity contribution in [2.45, 2.75) is 13.0 Å². The van der Waals surface area contributed by atoms with E-state index in [1.165, 1.54) is 13.2 Å². The number of ether oxygens (including phenoxy) is 2. The Labute approximate surface area is 128 Å². The number of hydrogen-bond donors (Lipinski definition) is 1. The van der Waals surface area contributed by atoms with E-state index in [2.05, 4.69) is 5.32 Å². The Balaban J connectivity index is 2.12. The molecule has 0 unspecified atom stereocenters. The molecule has 2 aromatic rings.